The van der Waals surface area contributed by atoms with Gasteiger partial charge in [-0.3, -0.25) is 0 Å². The van der Waals surface area contributed by atoms with Crippen molar-refractivity contribution in [2.24, 2.45) is 0 Å². The number of unbranched alkanes of at least 4 members (excludes halogenated alkanes) is 2. The Labute approximate surface area is 91.2 Å². The second-order valence-corrected chi connectivity index (χ2v) is 3.73. The average Bonchev–Trinajstić information content (AvgIpc) is 2.29. The maximum atomic E-state index is 9.01. The highest BCUT2D eigenvalue weighted by molar-refractivity contribution is 5.14. The Balaban J connectivity index is 2.06. The van der Waals surface area contributed by atoms with Crippen LogP contribution >= 0.6 is 0 Å². The number of aliphatic hydroxyl groups excluding tert-OH is 1. The van der Waals surface area contributed by atoms with Crippen LogP contribution in [0.3, 0.4) is 0 Å². The lowest BCUT2D eigenvalue weighted by Gasteiger charge is -2.02. The molecule has 0 heterocycles. The van der Waals surface area contributed by atoms with E-state index in [9.17, 15) is 0 Å². The van der Waals surface area contributed by atoms with E-state index in [4.69, 9.17) is 10.4 Å². The van der Waals surface area contributed by atoms with Gasteiger partial charge in [0.1, 0.15) is 6.10 Å². The molecule has 1 aromatic carbocycles. The normalized spacial score (nSPS) is 12.0. The summed E-state index contributed by atoms with van der Waals surface area (Å²) in [4.78, 5) is 0. The summed E-state index contributed by atoms with van der Waals surface area (Å²) in [5.74, 6) is 0. The maximum Gasteiger partial charge on any atom is 0.140 e. The fourth-order valence-electron chi connectivity index (χ4n) is 1.55. The van der Waals surface area contributed by atoms with Crippen molar-refractivity contribution in [3.8, 4) is 6.07 Å². The molecule has 1 aromatic rings. The number of hydrogen-bond acceptors (Lipinski definition) is 2. The Morgan fingerprint density at radius 2 is 1.87 bits per heavy atom. The van der Waals surface area contributed by atoms with E-state index in [0.29, 0.717) is 6.42 Å². The van der Waals surface area contributed by atoms with Crippen LogP contribution in [0.25, 0.3) is 0 Å². The van der Waals surface area contributed by atoms with E-state index in [2.05, 4.69) is 24.3 Å². The Morgan fingerprint density at radius 1 is 1.13 bits per heavy atom. The number of rotatable bonds is 6. The van der Waals surface area contributed by atoms with E-state index in [1.165, 1.54) is 5.56 Å². The topological polar surface area (TPSA) is 44.0 Å². The third-order valence-electron chi connectivity index (χ3n) is 2.43. The van der Waals surface area contributed by atoms with Crippen molar-refractivity contribution in [3.05, 3.63) is 35.9 Å². The first kappa shape index (κ1) is 11.7. The Hall–Kier alpha value is -1.33. The van der Waals surface area contributed by atoms with E-state index in [-0.39, 0.29) is 0 Å². The van der Waals surface area contributed by atoms with Crippen LogP contribution in [0.4, 0.5) is 0 Å². The lowest BCUT2D eigenvalue weighted by atomic mass is 10.1. The minimum Gasteiger partial charge on any atom is -0.378 e. The van der Waals surface area contributed by atoms with E-state index in [1.54, 1.807) is 0 Å². The zero-order valence-corrected chi connectivity index (χ0v) is 8.89. The van der Waals surface area contributed by atoms with Gasteiger partial charge in [-0.05, 0) is 31.2 Å². The van der Waals surface area contributed by atoms with Gasteiger partial charge < -0.3 is 5.11 Å². The van der Waals surface area contributed by atoms with Crippen LogP contribution in [0.15, 0.2) is 30.3 Å². The first-order valence-electron chi connectivity index (χ1n) is 5.44. The van der Waals surface area contributed by atoms with Crippen LogP contribution in [0.2, 0.25) is 0 Å². The summed E-state index contributed by atoms with van der Waals surface area (Å²) < 4.78 is 0. The zero-order valence-electron chi connectivity index (χ0n) is 8.89. The minimum atomic E-state index is -0.776. The summed E-state index contributed by atoms with van der Waals surface area (Å²) in [6.45, 7) is 0. The molecule has 2 nitrogen and oxygen atoms in total. The Morgan fingerprint density at radius 3 is 2.53 bits per heavy atom. The molecule has 0 amide bonds. The zero-order chi connectivity index (χ0) is 10.9. The quantitative estimate of drug-likeness (QED) is 0.570. The van der Waals surface area contributed by atoms with E-state index in [1.807, 2.05) is 12.1 Å². The van der Waals surface area contributed by atoms with Gasteiger partial charge in [-0.2, -0.15) is 5.26 Å². The van der Waals surface area contributed by atoms with Crippen LogP contribution in [-0.4, -0.2) is 11.2 Å². The molecule has 0 bridgehead atoms. The number of aliphatic hydroxyl groups is 1. The number of hydrogen-bond donors (Lipinski definition) is 1. The van der Waals surface area contributed by atoms with Crippen molar-refractivity contribution in [2.45, 2.75) is 38.2 Å². The van der Waals surface area contributed by atoms with Crippen molar-refractivity contribution < 1.29 is 5.11 Å². The molecule has 1 N–H and O–H groups in total. The fourth-order valence-corrected chi connectivity index (χ4v) is 1.55. The first-order valence-corrected chi connectivity index (χ1v) is 5.44. The molecule has 0 aliphatic heterocycles. The molecular weight excluding hydrogens is 186 g/mol. The molecule has 1 rings (SSSR count). The number of nitriles is 1. The molecule has 80 valence electrons. The molecule has 1 atom stereocenters. The SMILES string of the molecule is N#CC(O)CCCCCc1ccccc1. The fraction of sp³-hybridized carbons (Fsp3) is 0.462. The lowest BCUT2D eigenvalue weighted by molar-refractivity contribution is 0.215. The molecule has 0 aliphatic rings. The van der Waals surface area contributed by atoms with Crippen LogP contribution in [0, 0.1) is 11.3 Å². The molecule has 1 unspecified atom stereocenters. The van der Waals surface area contributed by atoms with Gasteiger partial charge in [-0.25, -0.2) is 0 Å². The third-order valence-corrected chi connectivity index (χ3v) is 2.43. The van der Waals surface area contributed by atoms with Gasteiger partial charge in [0.15, 0.2) is 0 Å². The highest BCUT2D eigenvalue weighted by Crippen LogP contribution is 2.08. The largest absolute Gasteiger partial charge is 0.378 e. The standard InChI is InChI=1S/C13H17NO/c14-11-13(15)10-6-2-5-9-12-7-3-1-4-8-12/h1,3-4,7-8,13,15H,2,5-6,9-10H2. The molecule has 0 spiro atoms. The second kappa shape index (κ2) is 7.03. The minimum absolute atomic E-state index is 0.602. The van der Waals surface area contributed by atoms with E-state index >= 15 is 0 Å². The molecule has 0 radical (unpaired) electrons. The molecule has 0 saturated carbocycles. The summed E-state index contributed by atoms with van der Waals surface area (Å²) in [6.07, 6.45) is 4.05. The lowest BCUT2D eigenvalue weighted by Crippen LogP contribution is -2.01. The van der Waals surface area contributed by atoms with Gasteiger partial charge in [-0.15, -0.1) is 0 Å². The third kappa shape index (κ3) is 5.19. The van der Waals surface area contributed by atoms with Crippen LogP contribution in [0.5, 0.6) is 0 Å². The van der Waals surface area contributed by atoms with Gasteiger partial charge in [-0.1, -0.05) is 36.8 Å². The highest BCUT2D eigenvalue weighted by Gasteiger charge is 2.00. The highest BCUT2D eigenvalue weighted by atomic mass is 16.3. The molecule has 0 aromatic heterocycles. The average molecular weight is 203 g/mol. The van der Waals surface area contributed by atoms with Crippen LogP contribution in [0.1, 0.15) is 31.2 Å². The first-order chi connectivity index (χ1) is 7.33. The van der Waals surface area contributed by atoms with E-state index in [0.717, 1.165) is 25.7 Å². The monoisotopic (exact) mass is 203 g/mol. The number of nitrogens with zero attached hydrogens (tertiary/aromatic N) is 1. The molecular formula is C13H17NO. The van der Waals surface area contributed by atoms with Gasteiger partial charge >= 0.3 is 0 Å². The summed E-state index contributed by atoms with van der Waals surface area (Å²) >= 11 is 0. The number of aryl methyl sites for hydroxylation is 1. The Kier molecular flexibility index (Phi) is 5.50. The smallest absolute Gasteiger partial charge is 0.140 e. The molecule has 2 heteroatoms. The summed E-state index contributed by atoms with van der Waals surface area (Å²) in [5.41, 5.74) is 1.36. The number of benzene rings is 1. The van der Waals surface area contributed by atoms with Gasteiger partial charge in [0.2, 0.25) is 0 Å². The van der Waals surface area contributed by atoms with E-state index < -0.39 is 6.10 Å². The van der Waals surface area contributed by atoms with Crippen LogP contribution < -0.4 is 0 Å². The molecule has 0 saturated heterocycles. The van der Waals surface area contributed by atoms with Crippen molar-refractivity contribution in [1.82, 2.24) is 0 Å². The van der Waals surface area contributed by atoms with Crippen molar-refractivity contribution in [3.63, 3.8) is 0 Å². The predicted molar refractivity (Wildman–Crippen MR) is 60.2 cm³/mol. The van der Waals surface area contributed by atoms with Crippen LogP contribution in [-0.2, 0) is 6.42 Å². The van der Waals surface area contributed by atoms with Gasteiger partial charge in [0, 0.05) is 0 Å². The van der Waals surface area contributed by atoms with Gasteiger partial charge in [0.05, 0.1) is 6.07 Å². The molecule has 0 fully saturated rings. The van der Waals surface area contributed by atoms with Crippen molar-refractivity contribution >= 4 is 0 Å². The molecule has 0 aliphatic carbocycles. The summed E-state index contributed by atoms with van der Waals surface area (Å²) in [5, 5.41) is 17.4. The summed E-state index contributed by atoms with van der Waals surface area (Å²) in [7, 11) is 0. The van der Waals surface area contributed by atoms with Gasteiger partial charge in [0.25, 0.3) is 0 Å². The maximum absolute atomic E-state index is 9.01. The Bertz CT molecular complexity index is 302. The molecule has 15 heavy (non-hydrogen) atoms. The predicted octanol–water partition coefficient (Wildman–Crippen LogP) is 2.67. The van der Waals surface area contributed by atoms with Crippen molar-refractivity contribution in [2.75, 3.05) is 0 Å². The summed E-state index contributed by atoms with van der Waals surface area (Å²) in [6, 6.07) is 12.2. The van der Waals surface area contributed by atoms with Crippen molar-refractivity contribution in [1.29, 1.82) is 5.26 Å². The second-order valence-electron chi connectivity index (χ2n) is 3.73.